The lowest BCUT2D eigenvalue weighted by atomic mass is 9.94. The first-order chi connectivity index (χ1) is 8.96. The third-order valence-corrected chi connectivity index (χ3v) is 4.40. The Morgan fingerprint density at radius 1 is 1.58 bits per heavy atom. The molecule has 0 aromatic heterocycles. The Bertz CT molecular complexity index is 492. The minimum atomic E-state index is -0.320. The molecule has 1 aromatic rings. The summed E-state index contributed by atoms with van der Waals surface area (Å²) in [6, 6.07) is 5.35. The van der Waals surface area contributed by atoms with Gasteiger partial charge in [-0.15, -0.1) is 0 Å². The molecule has 104 valence electrons. The number of ether oxygens (including phenoxy) is 2. The molecule has 1 aliphatic rings. The van der Waals surface area contributed by atoms with Gasteiger partial charge in [-0.2, -0.15) is 0 Å². The monoisotopic (exact) mass is 327 g/mol. The lowest BCUT2D eigenvalue weighted by Crippen LogP contribution is -2.50. The molecule has 5 heteroatoms. The van der Waals surface area contributed by atoms with Gasteiger partial charge in [0.15, 0.2) is 0 Å². The van der Waals surface area contributed by atoms with Crippen molar-refractivity contribution in [2.24, 2.45) is 0 Å². The summed E-state index contributed by atoms with van der Waals surface area (Å²) < 4.78 is 11.4. The van der Waals surface area contributed by atoms with Crippen molar-refractivity contribution in [3.05, 3.63) is 28.2 Å². The maximum absolute atomic E-state index is 12.4. The van der Waals surface area contributed by atoms with Gasteiger partial charge in [0, 0.05) is 11.1 Å². The number of benzene rings is 1. The first-order valence-electron chi connectivity index (χ1n) is 6.24. The van der Waals surface area contributed by atoms with E-state index in [0.717, 1.165) is 10.9 Å². The van der Waals surface area contributed by atoms with Crippen molar-refractivity contribution in [3.63, 3.8) is 0 Å². The largest absolute Gasteiger partial charge is 0.497 e. The molecule has 1 amide bonds. The Morgan fingerprint density at radius 3 is 2.89 bits per heavy atom. The van der Waals surface area contributed by atoms with Gasteiger partial charge in [-0.1, -0.05) is 0 Å². The fraction of sp³-hybridized carbons (Fsp3) is 0.500. The SMILES string of the molecule is COc1ccc(Br)c(C(=O)NC2(C)CCOC2C)c1. The number of hydrogen-bond acceptors (Lipinski definition) is 3. The zero-order valence-corrected chi connectivity index (χ0v) is 12.9. The number of methoxy groups -OCH3 is 1. The van der Waals surface area contributed by atoms with Crippen molar-refractivity contribution in [3.8, 4) is 5.75 Å². The second kappa shape index (κ2) is 5.51. The molecule has 1 aromatic carbocycles. The molecule has 4 nitrogen and oxygen atoms in total. The maximum atomic E-state index is 12.4. The number of rotatable bonds is 3. The van der Waals surface area contributed by atoms with Gasteiger partial charge in [0.1, 0.15) is 5.75 Å². The van der Waals surface area contributed by atoms with Crippen LogP contribution in [0, 0.1) is 0 Å². The Morgan fingerprint density at radius 2 is 2.32 bits per heavy atom. The van der Waals surface area contributed by atoms with Crippen molar-refractivity contribution in [1.29, 1.82) is 0 Å². The van der Waals surface area contributed by atoms with Gasteiger partial charge in [0.2, 0.25) is 0 Å². The summed E-state index contributed by atoms with van der Waals surface area (Å²) in [7, 11) is 1.58. The average molecular weight is 328 g/mol. The number of amides is 1. The highest BCUT2D eigenvalue weighted by molar-refractivity contribution is 9.10. The van der Waals surface area contributed by atoms with Gasteiger partial charge in [0.25, 0.3) is 5.91 Å². The van der Waals surface area contributed by atoms with Gasteiger partial charge in [-0.05, 0) is 54.4 Å². The molecule has 0 spiro atoms. The highest BCUT2D eigenvalue weighted by atomic mass is 79.9. The third-order valence-electron chi connectivity index (χ3n) is 3.70. The molecule has 2 unspecified atom stereocenters. The van der Waals surface area contributed by atoms with Crippen LogP contribution in [0.15, 0.2) is 22.7 Å². The van der Waals surface area contributed by atoms with Crippen LogP contribution >= 0.6 is 15.9 Å². The predicted octanol–water partition coefficient (Wildman–Crippen LogP) is 2.76. The number of carbonyl (C=O) groups excluding carboxylic acids is 1. The van der Waals surface area contributed by atoms with Gasteiger partial charge < -0.3 is 14.8 Å². The summed E-state index contributed by atoms with van der Waals surface area (Å²) in [4.78, 5) is 12.4. The zero-order chi connectivity index (χ0) is 14.0. The average Bonchev–Trinajstić information content (AvgIpc) is 2.69. The van der Waals surface area contributed by atoms with Crippen LogP contribution in [0.3, 0.4) is 0 Å². The molecule has 1 fully saturated rings. The van der Waals surface area contributed by atoms with Gasteiger partial charge in [0.05, 0.1) is 24.3 Å². The lowest BCUT2D eigenvalue weighted by Gasteiger charge is -2.29. The van der Waals surface area contributed by atoms with E-state index in [-0.39, 0.29) is 17.6 Å². The minimum absolute atomic E-state index is 0.0147. The molecule has 2 atom stereocenters. The highest BCUT2D eigenvalue weighted by Gasteiger charge is 2.38. The summed E-state index contributed by atoms with van der Waals surface area (Å²) in [6.07, 6.45) is 0.836. The molecule has 1 heterocycles. The summed E-state index contributed by atoms with van der Waals surface area (Å²) in [5.74, 6) is 0.542. The van der Waals surface area contributed by atoms with Crippen molar-refractivity contribution in [2.45, 2.75) is 31.9 Å². The van der Waals surface area contributed by atoms with E-state index in [4.69, 9.17) is 9.47 Å². The minimum Gasteiger partial charge on any atom is -0.497 e. The van der Waals surface area contributed by atoms with Crippen LogP contribution in [0.5, 0.6) is 5.75 Å². The third kappa shape index (κ3) is 2.92. The molecule has 1 N–H and O–H groups in total. The van der Waals surface area contributed by atoms with Crippen LogP contribution in [0.25, 0.3) is 0 Å². The maximum Gasteiger partial charge on any atom is 0.253 e. The molecule has 0 aliphatic carbocycles. The summed E-state index contributed by atoms with van der Waals surface area (Å²) in [6.45, 7) is 4.67. The lowest BCUT2D eigenvalue weighted by molar-refractivity contribution is 0.0726. The first kappa shape index (κ1) is 14.3. The molecular weight excluding hydrogens is 310 g/mol. The van der Waals surface area contributed by atoms with E-state index in [2.05, 4.69) is 21.2 Å². The smallest absolute Gasteiger partial charge is 0.253 e. The highest BCUT2D eigenvalue weighted by Crippen LogP contribution is 2.27. The summed E-state index contributed by atoms with van der Waals surface area (Å²) >= 11 is 3.39. The van der Waals surface area contributed by atoms with Crippen LogP contribution in [-0.4, -0.2) is 31.3 Å². The quantitative estimate of drug-likeness (QED) is 0.928. The van der Waals surface area contributed by atoms with Crippen LogP contribution in [0.2, 0.25) is 0 Å². The Kier molecular flexibility index (Phi) is 4.16. The molecule has 2 rings (SSSR count). The fourth-order valence-electron chi connectivity index (χ4n) is 2.13. The van der Waals surface area contributed by atoms with Crippen molar-refractivity contribution < 1.29 is 14.3 Å². The van der Waals surface area contributed by atoms with E-state index in [1.54, 1.807) is 13.2 Å². The Labute approximate surface area is 121 Å². The molecular formula is C14H18BrNO3. The number of hydrogen-bond donors (Lipinski definition) is 1. The summed E-state index contributed by atoms with van der Waals surface area (Å²) in [5, 5.41) is 3.06. The van der Waals surface area contributed by atoms with E-state index in [0.29, 0.717) is 17.9 Å². The van der Waals surface area contributed by atoms with Gasteiger partial charge >= 0.3 is 0 Å². The normalized spacial score (nSPS) is 26.2. The standard InChI is InChI=1S/C14H18BrNO3/c1-9-14(2,6-7-19-9)16-13(17)11-8-10(18-3)4-5-12(11)15/h4-5,8-9H,6-7H2,1-3H3,(H,16,17). The molecule has 0 radical (unpaired) electrons. The van der Waals surface area contributed by atoms with Crippen LogP contribution in [0.4, 0.5) is 0 Å². The second-order valence-electron chi connectivity index (χ2n) is 4.98. The fourth-order valence-corrected chi connectivity index (χ4v) is 2.56. The van der Waals surface area contributed by atoms with E-state index < -0.39 is 0 Å². The van der Waals surface area contributed by atoms with E-state index in [9.17, 15) is 4.79 Å². The predicted molar refractivity (Wildman–Crippen MR) is 76.6 cm³/mol. The van der Waals surface area contributed by atoms with Gasteiger partial charge in [-0.25, -0.2) is 0 Å². The second-order valence-corrected chi connectivity index (χ2v) is 5.83. The Balaban J connectivity index is 2.20. The van der Waals surface area contributed by atoms with E-state index in [1.807, 2.05) is 26.0 Å². The van der Waals surface area contributed by atoms with Crippen molar-refractivity contribution in [1.82, 2.24) is 5.32 Å². The molecule has 1 aliphatic heterocycles. The van der Waals surface area contributed by atoms with Crippen molar-refractivity contribution in [2.75, 3.05) is 13.7 Å². The Hall–Kier alpha value is -1.07. The topological polar surface area (TPSA) is 47.6 Å². The molecule has 19 heavy (non-hydrogen) atoms. The molecule has 0 bridgehead atoms. The molecule has 1 saturated heterocycles. The summed E-state index contributed by atoms with van der Waals surface area (Å²) in [5.41, 5.74) is 0.249. The molecule has 0 saturated carbocycles. The first-order valence-corrected chi connectivity index (χ1v) is 7.03. The number of carbonyl (C=O) groups is 1. The van der Waals surface area contributed by atoms with Crippen LogP contribution < -0.4 is 10.1 Å². The van der Waals surface area contributed by atoms with Crippen molar-refractivity contribution >= 4 is 21.8 Å². The van der Waals surface area contributed by atoms with E-state index >= 15 is 0 Å². The van der Waals surface area contributed by atoms with Gasteiger partial charge in [-0.3, -0.25) is 4.79 Å². The number of halogens is 1. The zero-order valence-electron chi connectivity index (χ0n) is 11.3. The van der Waals surface area contributed by atoms with Crippen LogP contribution in [0.1, 0.15) is 30.6 Å². The van der Waals surface area contributed by atoms with E-state index in [1.165, 1.54) is 0 Å². The van der Waals surface area contributed by atoms with Crippen LogP contribution in [-0.2, 0) is 4.74 Å². The number of nitrogens with one attached hydrogen (secondary N) is 1.